The predicted octanol–water partition coefficient (Wildman–Crippen LogP) is -1.38. The zero-order valence-electron chi connectivity index (χ0n) is 13.4. The van der Waals surface area contributed by atoms with Crippen LogP contribution in [0.1, 0.15) is 10.5 Å². The van der Waals surface area contributed by atoms with Gasteiger partial charge in [-0.3, -0.25) is 24.4 Å². The topological polar surface area (TPSA) is 174 Å². The van der Waals surface area contributed by atoms with Crippen LogP contribution in [-0.2, 0) is 22.7 Å². The summed E-state index contributed by atoms with van der Waals surface area (Å²) in [7, 11) is 0. The lowest BCUT2D eigenvalue weighted by Crippen LogP contribution is -2.37. The van der Waals surface area contributed by atoms with Crippen molar-refractivity contribution in [2.24, 2.45) is 0 Å². The summed E-state index contributed by atoms with van der Waals surface area (Å²) in [5.74, 6) is -2.09. The standard InChI is InChI=1S/C13H15N7O6/c21-11(7-18-6-9(5-17-18)20(25)26)14-3-4-15-12(22)8-19-10(13(23)24)1-2-16-19/h1-2,5-6H,3-4,7-8H2,(H,14,21)(H,15,22)(H,23,24). The normalized spacial score (nSPS) is 10.3. The first-order chi connectivity index (χ1) is 12.4. The van der Waals surface area contributed by atoms with Gasteiger partial charge in [-0.1, -0.05) is 0 Å². The number of nitrogens with one attached hydrogen (secondary N) is 2. The molecule has 0 unspecified atom stereocenters. The predicted molar refractivity (Wildman–Crippen MR) is 84.1 cm³/mol. The van der Waals surface area contributed by atoms with Gasteiger partial charge in [0.25, 0.3) is 0 Å². The summed E-state index contributed by atoms with van der Waals surface area (Å²) in [6, 6.07) is 1.27. The van der Waals surface area contributed by atoms with E-state index < -0.39 is 22.7 Å². The molecule has 138 valence electrons. The van der Waals surface area contributed by atoms with E-state index in [2.05, 4.69) is 20.8 Å². The molecular weight excluding hydrogens is 350 g/mol. The number of aromatic carboxylic acids is 1. The van der Waals surface area contributed by atoms with Crippen molar-refractivity contribution < 1.29 is 24.4 Å². The van der Waals surface area contributed by atoms with Crippen molar-refractivity contribution in [1.82, 2.24) is 30.2 Å². The highest BCUT2D eigenvalue weighted by Crippen LogP contribution is 2.07. The molecule has 0 saturated carbocycles. The fourth-order valence-corrected chi connectivity index (χ4v) is 1.97. The molecule has 0 aliphatic carbocycles. The zero-order chi connectivity index (χ0) is 19.1. The third-order valence-corrected chi connectivity index (χ3v) is 3.13. The average Bonchev–Trinajstić information content (AvgIpc) is 3.21. The molecule has 0 spiro atoms. The van der Waals surface area contributed by atoms with Gasteiger partial charge >= 0.3 is 11.7 Å². The van der Waals surface area contributed by atoms with Gasteiger partial charge in [0.05, 0.1) is 4.92 Å². The number of nitro groups is 1. The molecule has 2 heterocycles. The zero-order valence-corrected chi connectivity index (χ0v) is 13.4. The Morgan fingerprint density at radius 3 is 2.38 bits per heavy atom. The van der Waals surface area contributed by atoms with E-state index in [9.17, 15) is 24.5 Å². The van der Waals surface area contributed by atoms with Crippen LogP contribution in [0.15, 0.2) is 24.7 Å². The molecule has 2 rings (SSSR count). The molecule has 0 fully saturated rings. The van der Waals surface area contributed by atoms with E-state index in [1.165, 1.54) is 12.3 Å². The van der Waals surface area contributed by atoms with Crippen LogP contribution >= 0.6 is 0 Å². The van der Waals surface area contributed by atoms with E-state index in [-0.39, 0.29) is 37.6 Å². The minimum absolute atomic E-state index is 0.109. The Morgan fingerprint density at radius 2 is 1.81 bits per heavy atom. The molecule has 0 saturated heterocycles. The highest BCUT2D eigenvalue weighted by atomic mass is 16.6. The van der Waals surface area contributed by atoms with Crippen molar-refractivity contribution in [1.29, 1.82) is 0 Å². The highest BCUT2D eigenvalue weighted by molar-refractivity contribution is 5.86. The van der Waals surface area contributed by atoms with Gasteiger partial charge in [0.1, 0.15) is 31.2 Å². The highest BCUT2D eigenvalue weighted by Gasteiger charge is 2.13. The molecule has 0 radical (unpaired) electrons. The van der Waals surface area contributed by atoms with Crippen LogP contribution in [0.5, 0.6) is 0 Å². The monoisotopic (exact) mass is 365 g/mol. The molecule has 2 amide bonds. The van der Waals surface area contributed by atoms with Gasteiger partial charge in [0, 0.05) is 19.3 Å². The van der Waals surface area contributed by atoms with Gasteiger partial charge in [-0.15, -0.1) is 0 Å². The van der Waals surface area contributed by atoms with Crippen LogP contribution in [0.3, 0.4) is 0 Å². The smallest absolute Gasteiger partial charge is 0.354 e. The van der Waals surface area contributed by atoms with Gasteiger partial charge < -0.3 is 15.7 Å². The minimum atomic E-state index is -1.19. The molecule has 0 atom stereocenters. The lowest BCUT2D eigenvalue weighted by atomic mass is 10.4. The summed E-state index contributed by atoms with van der Waals surface area (Å²) in [4.78, 5) is 44.2. The number of aromatic nitrogens is 4. The summed E-state index contributed by atoms with van der Waals surface area (Å²) in [6.07, 6.45) is 3.44. The molecule has 0 aliphatic rings. The minimum Gasteiger partial charge on any atom is -0.477 e. The molecule has 0 aliphatic heterocycles. The van der Waals surface area contributed by atoms with Gasteiger partial charge in [0.2, 0.25) is 11.8 Å². The van der Waals surface area contributed by atoms with Crippen molar-refractivity contribution in [2.75, 3.05) is 13.1 Å². The maximum Gasteiger partial charge on any atom is 0.354 e. The number of hydrogen-bond acceptors (Lipinski definition) is 7. The summed E-state index contributed by atoms with van der Waals surface area (Å²) < 4.78 is 2.16. The number of carboxylic acids is 1. The number of amides is 2. The summed E-state index contributed by atoms with van der Waals surface area (Å²) in [5.41, 5.74) is -0.328. The molecule has 2 aromatic rings. The Kier molecular flexibility index (Phi) is 5.97. The van der Waals surface area contributed by atoms with E-state index in [1.807, 2.05) is 0 Å². The van der Waals surface area contributed by atoms with Crippen molar-refractivity contribution in [3.05, 3.63) is 40.5 Å². The van der Waals surface area contributed by atoms with Crippen molar-refractivity contribution in [2.45, 2.75) is 13.1 Å². The quantitative estimate of drug-likeness (QED) is 0.277. The largest absolute Gasteiger partial charge is 0.477 e. The van der Waals surface area contributed by atoms with Crippen LogP contribution in [-0.4, -0.2) is 60.5 Å². The summed E-state index contributed by atoms with van der Waals surface area (Å²) in [6.45, 7) is -0.219. The maximum absolute atomic E-state index is 11.7. The number of hydrogen-bond donors (Lipinski definition) is 3. The lowest BCUT2D eigenvalue weighted by Gasteiger charge is -2.08. The SMILES string of the molecule is O=C(Cn1cc([N+](=O)[O-])cn1)NCCNC(=O)Cn1nccc1C(=O)O. The van der Waals surface area contributed by atoms with Gasteiger partial charge in [0.15, 0.2) is 0 Å². The van der Waals surface area contributed by atoms with Crippen molar-refractivity contribution in [3.63, 3.8) is 0 Å². The molecular formula is C13H15N7O6. The number of nitrogens with zero attached hydrogens (tertiary/aromatic N) is 5. The van der Waals surface area contributed by atoms with E-state index >= 15 is 0 Å². The Balaban J connectivity index is 1.68. The Hall–Kier alpha value is -3.77. The van der Waals surface area contributed by atoms with Gasteiger partial charge in [-0.05, 0) is 6.07 Å². The second-order valence-corrected chi connectivity index (χ2v) is 5.03. The van der Waals surface area contributed by atoms with Gasteiger partial charge in [-0.25, -0.2) is 9.48 Å². The first-order valence-corrected chi connectivity index (χ1v) is 7.32. The van der Waals surface area contributed by atoms with E-state index in [0.717, 1.165) is 21.8 Å². The van der Waals surface area contributed by atoms with Crippen LogP contribution in [0.4, 0.5) is 5.69 Å². The lowest BCUT2D eigenvalue weighted by molar-refractivity contribution is -0.385. The Bertz CT molecular complexity index is 827. The molecule has 26 heavy (non-hydrogen) atoms. The molecule has 2 aromatic heterocycles. The molecule has 3 N–H and O–H groups in total. The van der Waals surface area contributed by atoms with Crippen LogP contribution in [0.2, 0.25) is 0 Å². The summed E-state index contributed by atoms with van der Waals surface area (Å²) >= 11 is 0. The number of carbonyl (C=O) groups excluding carboxylic acids is 2. The third-order valence-electron chi connectivity index (χ3n) is 3.13. The molecule has 0 bridgehead atoms. The maximum atomic E-state index is 11.7. The van der Waals surface area contributed by atoms with Crippen LogP contribution in [0, 0.1) is 10.1 Å². The van der Waals surface area contributed by atoms with Crippen molar-refractivity contribution >= 4 is 23.5 Å². The Morgan fingerprint density at radius 1 is 1.15 bits per heavy atom. The average molecular weight is 365 g/mol. The fraction of sp³-hybridized carbons (Fsp3) is 0.308. The number of rotatable bonds is 9. The molecule has 0 aromatic carbocycles. The van der Waals surface area contributed by atoms with Gasteiger partial charge in [-0.2, -0.15) is 10.2 Å². The third kappa shape index (κ3) is 5.12. The Labute approximate surface area is 145 Å². The van der Waals surface area contributed by atoms with E-state index in [1.54, 1.807) is 0 Å². The second-order valence-electron chi connectivity index (χ2n) is 5.03. The first-order valence-electron chi connectivity index (χ1n) is 7.32. The number of carbonyl (C=O) groups is 3. The fourth-order valence-electron chi connectivity index (χ4n) is 1.97. The van der Waals surface area contributed by atoms with Crippen LogP contribution < -0.4 is 10.6 Å². The first kappa shape index (κ1) is 18.6. The van der Waals surface area contributed by atoms with E-state index in [0.29, 0.717) is 0 Å². The number of carboxylic acid groups (broad SMARTS) is 1. The van der Waals surface area contributed by atoms with E-state index in [4.69, 9.17) is 5.11 Å². The molecule has 13 nitrogen and oxygen atoms in total. The second kappa shape index (κ2) is 8.36. The summed E-state index contributed by atoms with van der Waals surface area (Å²) in [5, 5.41) is 31.9. The molecule has 13 heteroatoms. The van der Waals surface area contributed by atoms with Crippen molar-refractivity contribution in [3.8, 4) is 0 Å². The van der Waals surface area contributed by atoms with Crippen LogP contribution in [0.25, 0.3) is 0 Å².